The van der Waals surface area contributed by atoms with Crippen molar-refractivity contribution in [2.24, 2.45) is 0 Å². The van der Waals surface area contributed by atoms with Crippen molar-refractivity contribution in [3.63, 3.8) is 0 Å². The fraction of sp³-hybridized carbons (Fsp3) is 0.250. The summed E-state index contributed by atoms with van der Waals surface area (Å²) in [6, 6.07) is 7.71. The molecule has 0 aliphatic carbocycles. The molecule has 0 N–H and O–H groups in total. The van der Waals surface area contributed by atoms with Crippen LogP contribution in [0.25, 0.3) is 12.2 Å². The lowest BCUT2D eigenvalue weighted by Crippen LogP contribution is -2.21. The molecule has 2 aliphatic rings. The summed E-state index contributed by atoms with van der Waals surface area (Å²) in [5.41, 5.74) is -5.34. The first-order valence-electron chi connectivity index (χ1n) is 13.9. The molecule has 5 rings (SSSR count). The van der Waals surface area contributed by atoms with Gasteiger partial charge in [-0.15, -0.1) is 0 Å². The van der Waals surface area contributed by atoms with E-state index in [1.54, 1.807) is 0 Å². The van der Waals surface area contributed by atoms with Crippen molar-refractivity contribution in [3.05, 3.63) is 94.6 Å². The van der Waals surface area contributed by atoms with Gasteiger partial charge in [-0.1, -0.05) is 0 Å². The Morgan fingerprint density at radius 2 is 1.04 bits per heavy atom. The molecule has 0 aromatic heterocycles. The third kappa shape index (κ3) is 9.32. The lowest BCUT2D eigenvalue weighted by atomic mass is 10.0. The number of carbonyl (C=O) groups excluding carboxylic acids is 2. The van der Waals surface area contributed by atoms with E-state index in [1.807, 2.05) is 0 Å². The quantitative estimate of drug-likeness (QED) is 0.0676. The summed E-state index contributed by atoms with van der Waals surface area (Å²) < 4.78 is 143. The van der Waals surface area contributed by atoms with Crippen LogP contribution in [0.5, 0.6) is 23.0 Å². The molecule has 2 atom stereocenters. The zero-order valence-electron chi connectivity index (χ0n) is 24.2. The van der Waals surface area contributed by atoms with E-state index in [9.17, 15) is 44.7 Å². The van der Waals surface area contributed by atoms with Crippen LogP contribution < -0.4 is 18.9 Å². The largest absolute Gasteiger partial charge is 0.491 e. The Bertz CT molecular complexity index is 1610. The van der Waals surface area contributed by atoms with Gasteiger partial charge in [0.15, 0.2) is 0 Å². The van der Waals surface area contributed by atoms with Gasteiger partial charge in [-0.2, -0.15) is 26.3 Å². The van der Waals surface area contributed by atoms with E-state index in [-0.39, 0.29) is 48.0 Å². The van der Waals surface area contributed by atoms with Crippen molar-refractivity contribution < 1.29 is 73.1 Å². The van der Waals surface area contributed by atoms with Gasteiger partial charge >= 0.3 is 24.3 Å². The Balaban J connectivity index is 1.31. The molecule has 254 valence electrons. The van der Waals surface area contributed by atoms with Crippen LogP contribution in [0.4, 0.5) is 35.1 Å². The van der Waals surface area contributed by atoms with Crippen molar-refractivity contribution in [3.8, 4) is 23.0 Å². The molecular weight excluding hydrogens is 664 g/mol. The summed E-state index contributed by atoms with van der Waals surface area (Å²) >= 11 is 0. The summed E-state index contributed by atoms with van der Waals surface area (Å²) in [7, 11) is 0. The smallest absolute Gasteiger partial charge is 0.420 e. The average Bonchev–Trinajstić information content (AvgIpc) is 3.93. The van der Waals surface area contributed by atoms with Crippen LogP contribution in [0.2, 0.25) is 0 Å². The summed E-state index contributed by atoms with van der Waals surface area (Å²) in [6.07, 6.45) is -9.08. The van der Waals surface area contributed by atoms with E-state index in [1.165, 1.54) is 24.3 Å². The summed E-state index contributed by atoms with van der Waals surface area (Å²) in [6.45, 7) is 1.37. The highest BCUT2D eigenvalue weighted by molar-refractivity contribution is 5.90. The van der Waals surface area contributed by atoms with Crippen molar-refractivity contribution in [1.29, 1.82) is 0 Å². The number of rotatable bonds is 12. The number of epoxide rings is 2. The highest BCUT2D eigenvalue weighted by Gasteiger charge is 2.48. The molecule has 0 saturated carbocycles. The SMILES string of the molecule is O=C(C=Cc1ccc(OCC2CO2)cc1F)Oc1ccc(OC(=O)C=Cc2ccc(OCC3CO3)cc2F)c(C(F)(F)F)c1C(F)(F)F. The lowest BCUT2D eigenvalue weighted by molar-refractivity contribution is -0.164. The summed E-state index contributed by atoms with van der Waals surface area (Å²) in [4.78, 5) is 24.7. The highest BCUT2D eigenvalue weighted by Crippen LogP contribution is 2.49. The number of hydrogen-bond acceptors (Lipinski definition) is 8. The average molecular weight is 687 g/mol. The number of carbonyl (C=O) groups is 2. The fourth-order valence-electron chi connectivity index (χ4n) is 4.07. The van der Waals surface area contributed by atoms with Gasteiger partial charge in [0, 0.05) is 35.4 Å². The van der Waals surface area contributed by atoms with Crippen molar-refractivity contribution >= 4 is 24.1 Å². The Kier molecular flexibility index (Phi) is 10.0. The molecule has 2 heterocycles. The Morgan fingerprint density at radius 3 is 1.35 bits per heavy atom. The van der Waals surface area contributed by atoms with Crippen LogP contribution in [0, 0.1) is 11.6 Å². The van der Waals surface area contributed by atoms with Crippen molar-refractivity contribution in [2.75, 3.05) is 26.4 Å². The van der Waals surface area contributed by atoms with Gasteiger partial charge in [-0.3, -0.25) is 0 Å². The third-order valence-corrected chi connectivity index (χ3v) is 6.54. The zero-order valence-corrected chi connectivity index (χ0v) is 24.2. The topological polar surface area (TPSA) is 96.1 Å². The molecule has 0 amide bonds. The van der Waals surface area contributed by atoms with E-state index in [4.69, 9.17) is 18.9 Å². The Labute approximate surface area is 266 Å². The van der Waals surface area contributed by atoms with E-state index in [0.29, 0.717) is 37.5 Å². The second kappa shape index (κ2) is 14.0. The third-order valence-electron chi connectivity index (χ3n) is 6.54. The first kappa shape index (κ1) is 34.4. The van der Waals surface area contributed by atoms with Gasteiger partial charge in [0.25, 0.3) is 0 Å². The molecule has 0 bridgehead atoms. The molecule has 0 spiro atoms. The summed E-state index contributed by atoms with van der Waals surface area (Å²) in [5.74, 6) is -7.76. The number of alkyl halides is 6. The van der Waals surface area contributed by atoms with Crippen LogP contribution in [-0.2, 0) is 31.4 Å². The lowest BCUT2D eigenvalue weighted by Gasteiger charge is -2.21. The second-order valence-corrected chi connectivity index (χ2v) is 10.2. The molecule has 8 nitrogen and oxygen atoms in total. The highest BCUT2D eigenvalue weighted by atomic mass is 19.4. The molecular formula is C32H22F8O8. The number of hydrogen-bond donors (Lipinski definition) is 0. The molecule has 2 unspecified atom stereocenters. The standard InChI is InChI=1S/C32H22F8O8/c33-23-11-19(43-13-21-15-45-21)5-1-17(23)3-9-27(41)47-25-7-8-26(30(32(38,39)40)29(25)31(35,36)37)48-28(42)10-4-18-2-6-20(12-24(18)34)44-14-22-16-46-22/h1-12,21-22H,13-16H2. The maximum Gasteiger partial charge on any atom is 0.420 e. The molecule has 48 heavy (non-hydrogen) atoms. The van der Waals surface area contributed by atoms with Gasteiger partial charge in [0.05, 0.1) is 13.2 Å². The predicted octanol–water partition coefficient (Wildman–Crippen LogP) is 6.80. The van der Waals surface area contributed by atoms with Gasteiger partial charge in [-0.05, 0) is 48.6 Å². The van der Waals surface area contributed by atoms with Gasteiger partial charge in [-0.25, -0.2) is 18.4 Å². The molecule has 0 radical (unpaired) electrons. The van der Waals surface area contributed by atoms with Crippen LogP contribution in [0.3, 0.4) is 0 Å². The van der Waals surface area contributed by atoms with E-state index >= 15 is 0 Å². The maximum atomic E-state index is 14.4. The molecule has 2 saturated heterocycles. The predicted molar refractivity (Wildman–Crippen MR) is 149 cm³/mol. The number of ether oxygens (including phenoxy) is 6. The van der Waals surface area contributed by atoms with Gasteiger partial charge in [0.2, 0.25) is 0 Å². The molecule has 2 aliphatic heterocycles. The van der Waals surface area contributed by atoms with Gasteiger partial charge in [0.1, 0.15) is 71.2 Å². The van der Waals surface area contributed by atoms with Crippen LogP contribution in [0.1, 0.15) is 22.3 Å². The monoisotopic (exact) mass is 686 g/mol. The van der Waals surface area contributed by atoms with Crippen molar-refractivity contribution in [2.45, 2.75) is 24.6 Å². The Hall–Kier alpha value is -4.96. The fourth-order valence-corrected chi connectivity index (χ4v) is 4.07. The number of esters is 2. The minimum atomic E-state index is -5.77. The first-order chi connectivity index (χ1) is 22.7. The number of benzene rings is 3. The molecule has 2 fully saturated rings. The normalized spacial score (nSPS) is 17.4. The van der Waals surface area contributed by atoms with E-state index in [2.05, 4.69) is 9.47 Å². The summed E-state index contributed by atoms with van der Waals surface area (Å²) in [5, 5.41) is 0. The Morgan fingerprint density at radius 1 is 0.667 bits per heavy atom. The molecule has 3 aromatic rings. The van der Waals surface area contributed by atoms with Crippen molar-refractivity contribution in [1.82, 2.24) is 0 Å². The zero-order chi connectivity index (χ0) is 34.6. The minimum absolute atomic E-state index is 0.103. The minimum Gasteiger partial charge on any atom is -0.491 e. The van der Waals surface area contributed by atoms with Crippen LogP contribution in [0.15, 0.2) is 60.7 Å². The first-order valence-corrected chi connectivity index (χ1v) is 13.9. The van der Waals surface area contributed by atoms with Crippen LogP contribution in [-0.4, -0.2) is 50.6 Å². The molecule has 16 heteroatoms. The van der Waals surface area contributed by atoms with E-state index in [0.717, 1.165) is 24.3 Å². The van der Waals surface area contributed by atoms with Crippen LogP contribution >= 0.6 is 0 Å². The number of halogens is 8. The van der Waals surface area contributed by atoms with E-state index < -0.39 is 58.6 Å². The van der Waals surface area contributed by atoms with Gasteiger partial charge < -0.3 is 28.4 Å². The second-order valence-electron chi connectivity index (χ2n) is 10.2. The molecule has 3 aromatic carbocycles. The maximum absolute atomic E-state index is 14.4.